The molecule has 140 valence electrons. The van der Waals surface area contributed by atoms with Crippen LogP contribution >= 0.6 is 0 Å². The normalized spacial score (nSPS) is 15.5. The minimum absolute atomic E-state index is 0.301. The Morgan fingerprint density at radius 2 is 1.38 bits per heavy atom. The monoisotopic (exact) mass is 340 g/mol. The van der Waals surface area contributed by atoms with E-state index >= 15 is 0 Å². The van der Waals surface area contributed by atoms with Gasteiger partial charge in [0.2, 0.25) is 0 Å². The Hall–Kier alpha value is -1.06. The van der Waals surface area contributed by atoms with Gasteiger partial charge >= 0.3 is 11.9 Å². The van der Waals surface area contributed by atoms with Gasteiger partial charge in [-0.15, -0.1) is 0 Å². The van der Waals surface area contributed by atoms with Gasteiger partial charge in [-0.25, -0.2) is 0 Å². The summed E-state index contributed by atoms with van der Waals surface area (Å²) in [5.74, 6) is -0.649. The molecular weight excluding hydrogens is 304 g/mol. The first-order chi connectivity index (χ1) is 11.7. The molecule has 0 aromatic carbocycles. The fourth-order valence-electron chi connectivity index (χ4n) is 3.61. The average molecular weight is 341 g/mol. The summed E-state index contributed by atoms with van der Waals surface area (Å²) in [5, 5.41) is 0. The first kappa shape index (κ1) is 21.0. The standard InChI is InChI=1S/C20H36O4/c1-3-23-19(21)18(20(22)24-4-2)16-12-7-5-6-9-13-17-14-10-8-11-15-17/h17-18H,3-16H2,1-2H3. The van der Waals surface area contributed by atoms with Crippen molar-refractivity contribution in [2.45, 2.75) is 90.9 Å². The molecule has 0 aliphatic heterocycles. The SMILES string of the molecule is CCOC(=O)C(CCCCCCCC1CCCCC1)C(=O)OCC. The third-order valence-electron chi connectivity index (χ3n) is 4.97. The lowest BCUT2D eigenvalue weighted by Crippen LogP contribution is -2.28. The summed E-state index contributed by atoms with van der Waals surface area (Å²) < 4.78 is 9.99. The summed E-state index contributed by atoms with van der Waals surface area (Å²) >= 11 is 0. The van der Waals surface area contributed by atoms with Gasteiger partial charge in [-0.1, -0.05) is 70.6 Å². The van der Waals surface area contributed by atoms with Gasteiger partial charge in [-0.05, 0) is 26.2 Å². The summed E-state index contributed by atoms with van der Waals surface area (Å²) in [6.45, 7) is 4.12. The van der Waals surface area contributed by atoms with E-state index in [0.717, 1.165) is 18.8 Å². The first-order valence-corrected chi connectivity index (χ1v) is 10.0. The Labute approximate surface area is 147 Å². The van der Waals surface area contributed by atoms with Crippen LogP contribution in [0.3, 0.4) is 0 Å². The van der Waals surface area contributed by atoms with Crippen molar-refractivity contribution >= 4 is 11.9 Å². The molecule has 0 spiro atoms. The van der Waals surface area contributed by atoms with Crippen molar-refractivity contribution in [1.29, 1.82) is 0 Å². The molecule has 0 heterocycles. The molecule has 0 N–H and O–H groups in total. The quantitative estimate of drug-likeness (QED) is 0.284. The summed E-state index contributed by atoms with van der Waals surface area (Å²) in [5.41, 5.74) is 0. The number of hydrogen-bond donors (Lipinski definition) is 0. The second kappa shape index (κ2) is 13.3. The molecule has 0 unspecified atom stereocenters. The Balaban J connectivity index is 2.12. The van der Waals surface area contributed by atoms with Crippen LogP contribution in [0.1, 0.15) is 90.9 Å². The third-order valence-corrected chi connectivity index (χ3v) is 4.97. The van der Waals surface area contributed by atoms with Crippen molar-refractivity contribution in [3.05, 3.63) is 0 Å². The molecule has 1 aliphatic rings. The van der Waals surface area contributed by atoms with Crippen LogP contribution in [0.2, 0.25) is 0 Å². The van der Waals surface area contributed by atoms with Crippen LogP contribution in [-0.2, 0) is 19.1 Å². The predicted octanol–water partition coefficient (Wildman–Crippen LogP) is 5.04. The zero-order chi connectivity index (χ0) is 17.6. The number of hydrogen-bond acceptors (Lipinski definition) is 4. The lowest BCUT2D eigenvalue weighted by atomic mass is 9.85. The van der Waals surface area contributed by atoms with Crippen molar-refractivity contribution in [2.24, 2.45) is 11.8 Å². The summed E-state index contributed by atoms with van der Waals surface area (Å²) in [7, 11) is 0. The van der Waals surface area contributed by atoms with E-state index < -0.39 is 17.9 Å². The molecule has 4 heteroatoms. The molecule has 0 aromatic rings. The van der Waals surface area contributed by atoms with Crippen LogP contribution in [-0.4, -0.2) is 25.2 Å². The van der Waals surface area contributed by atoms with Crippen LogP contribution in [0.25, 0.3) is 0 Å². The van der Waals surface area contributed by atoms with E-state index in [0.29, 0.717) is 19.6 Å². The summed E-state index contributed by atoms with van der Waals surface area (Å²) in [6.07, 6.45) is 14.8. The van der Waals surface area contributed by atoms with Crippen molar-refractivity contribution in [3.8, 4) is 0 Å². The maximum atomic E-state index is 11.9. The van der Waals surface area contributed by atoms with Crippen LogP contribution in [0.5, 0.6) is 0 Å². The van der Waals surface area contributed by atoms with Crippen LogP contribution in [0, 0.1) is 11.8 Å². The topological polar surface area (TPSA) is 52.6 Å². The van der Waals surface area contributed by atoms with Crippen molar-refractivity contribution in [2.75, 3.05) is 13.2 Å². The zero-order valence-electron chi connectivity index (χ0n) is 15.7. The lowest BCUT2D eigenvalue weighted by Gasteiger charge is -2.21. The van der Waals surface area contributed by atoms with Crippen LogP contribution in [0.15, 0.2) is 0 Å². The van der Waals surface area contributed by atoms with Gasteiger partial charge in [0, 0.05) is 0 Å². The largest absolute Gasteiger partial charge is 0.465 e. The number of carbonyl (C=O) groups excluding carboxylic acids is 2. The van der Waals surface area contributed by atoms with Gasteiger partial charge in [0.1, 0.15) is 0 Å². The number of rotatable bonds is 12. The fourth-order valence-corrected chi connectivity index (χ4v) is 3.61. The van der Waals surface area contributed by atoms with Gasteiger partial charge < -0.3 is 9.47 Å². The Bertz CT molecular complexity index is 330. The minimum atomic E-state index is -0.743. The molecule has 1 saturated carbocycles. The van der Waals surface area contributed by atoms with Crippen LogP contribution in [0.4, 0.5) is 0 Å². The van der Waals surface area contributed by atoms with E-state index in [9.17, 15) is 9.59 Å². The van der Waals surface area contributed by atoms with E-state index in [4.69, 9.17) is 9.47 Å². The second-order valence-corrected chi connectivity index (χ2v) is 6.91. The highest BCUT2D eigenvalue weighted by molar-refractivity contribution is 5.94. The van der Waals surface area contributed by atoms with Gasteiger partial charge in [-0.2, -0.15) is 0 Å². The van der Waals surface area contributed by atoms with Gasteiger partial charge in [0.05, 0.1) is 13.2 Å². The molecule has 0 atom stereocenters. The molecule has 4 nitrogen and oxygen atoms in total. The molecule has 1 rings (SSSR count). The van der Waals surface area contributed by atoms with E-state index in [1.165, 1.54) is 57.8 Å². The highest BCUT2D eigenvalue weighted by atomic mass is 16.6. The van der Waals surface area contributed by atoms with E-state index in [-0.39, 0.29) is 0 Å². The smallest absolute Gasteiger partial charge is 0.320 e. The van der Waals surface area contributed by atoms with E-state index in [1.54, 1.807) is 13.8 Å². The molecular formula is C20H36O4. The predicted molar refractivity (Wildman–Crippen MR) is 95.7 cm³/mol. The molecule has 0 amide bonds. The number of esters is 2. The van der Waals surface area contributed by atoms with Gasteiger partial charge in [0.25, 0.3) is 0 Å². The second-order valence-electron chi connectivity index (χ2n) is 6.91. The molecule has 0 aromatic heterocycles. The van der Waals surface area contributed by atoms with Gasteiger partial charge in [-0.3, -0.25) is 9.59 Å². The number of ether oxygens (including phenoxy) is 2. The maximum Gasteiger partial charge on any atom is 0.320 e. The molecule has 0 saturated heterocycles. The zero-order valence-corrected chi connectivity index (χ0v) is 15.7. The lowest BCUT2D eigenvalue weighted by molar-refractivity contribution is -0.161. The Morgan fingerprint density at radius 1 is 0.833 bits per heavy atom. The highest BCUT2D eigenvalue weighted by Crippen LogP contribution is 2.28. The first-order valence-electron chi connectivity index (χ1n) is 10.0. The molecule has 0 bridgehead atoms. The number of carbonyl (C=O) groups is 2. The number of unbranched alkanes of at least 4 members (excludes halogenated alkanes) is 4. The molecule has 1 aliphatic carbocycles. The molecule has 1 fully saturated rings. The van der Waals surface area contributed by atoms with Gasteiger partial charge in [0.15, 0.2) is 5.92 Å². The van der Waals surface area contributed by atoms with Crippen LogP contribution < -0.4 is 0 Å². The molecule has 0 radical (unpaired) electrons. The Morgan fingerprint density at radius 3 is 1.96 bits per heavy atom. The van der Waals surface area contributed by atoms with E-state index in [2.05, 4.69) is 0 Å². The summed E-state index contributed by atoms with van der Waals surface area (Å²) in [6, 6.07) is 0. The van der Waals surface area contributed by atoms with Crippen molar-refractivity contribution in [3.63, 3.8) is 0 Å². The van der Waals surface area contributed by atoms with E-state index in [1.807, 2.05) is 0 Å². The third kappa shape index (κ3) is 8.70. The fraction of sp³-hybridized carbons (Fsp3) is 0.900. The highest BCUT2D eigenvalue weighted by Gasteiger charge is 2.28. The summed E-state index contributed by atoms with van der Waals surface area (Å²) in [4.78, 5) is 23.8. The maximum absolute atomic E-state index is 11.9. The average Bonchev–Trinajstić information content (AvgIpc) is 2.58. The van der Waals surface area contributed by atoms with Crippen molar-refractivity contribution in [1.82, 2.24) is 0 Å². The van der Waals surface area contributed by atoms with Crippen molar-refractivity contribution < 1.29 is 19.1 Å². The Kier molecular flexibility index (Phi) is 11.6. The minimum Gasteiger partial charge on any atom is -0.465 e. The molecule has 24 heavy (non-hydrogen) atoms.